The van der Waals surface area contributed by atoms with Gasteiger partial charge >= 0.3 is 0 Å². The van der Waals surface area contributed by atoms with Crippen LogP contribution in [0.15, 0.2) is 42.7 Å². The fourth-order valence-corrected chi connectivity index (χ4v) is 4.47. The number of fused-ring (bicyclic) bond motifs is 4. The largest absolute Gasteiger partial charge is 0.338 e. The van der Waals surface area contributed by atoms with Crippen molar-refractivity contribution < 1.29 is 4.79 Å². The molecule has 1 aromatic carbocycles. The monoisotopic (exact) mass is 344 g/mol. The third kappa shape index (κ3) is 2.38. The zero-order chi connectivity index (χ0) is 17.7. The summed E-state index contributed by atoms with van der Waals surface area (Å²) in [5.41, 5.74) is 4.01. The highest BCUT2D eigenvalue weighted by Gasteiger charge is 2.40. The SMILES string of the molecule is Cc1ncc2c(n1)[C@H]1CN(C(=O)c3cccc4ncccc34)C[C@H]1CC2. The molecule has 0 bridgehead atoms. The van der Waals surface area contributed by atoms with E-state index in [4.69, 9.17) is 4.98 Å². The average molecular weight is 344 g/mol. The van der Waals surface area contributed by atoms with Gasteiger partial charge in [0.15, 0.2) is 0 Å². The van der Waals surface area contributed by atoms with E-state index in [1.807, 2.05) is 48.4 Å². The second-order valence-corrected chi connectivity index (χ2v) is 7.32. The van der Waals surface area contributed by atoms with Gasteiger partial charge in [0.2, 0.25) is 0 Å². The van der Waals surface area contributed by atoms with Crippen molar-refractivity contribution in [2.75, 3.05) is 13.1 Å². The Balaban J connectivity index is 1.48. The van der Waals surface area contributed by atoms with E-state index in [9.17, 15) is 4.79 Å². The van der Waals surface area contributed by atoms with Crippen LogP contribution in [0, 0.1) is 12.8 Å². The molecule has 5 rings (SSSR count). The van der Waals surface area contributed by atoms with Crippen LogP contribution in [0.3, 0.4) is 0 Å². The van der Waals surface area contributed by atoms with Gasteiger partial charge in [-0.05, 0) is 49.4 Å². The number of amides is 1. The predicted octanol–water partition coefficient (Wildman–Crippen LogP) is 3.14. The van der Waals surface area contributed by atoms with Crippen LogP contribution in [0.25, 0.3) is 10.9 Å². The lowest BCUT2D eigenvalue weighted by Gasteiger charge is -2.25. The maximum atomic E-state index is 13.2. The Labute approximate surface area is 152 Å². The molecule has 26 heavy (non-hydrogen) atoms. The zero-order valence-corrected chi connectivity index (χ0v) is 14.7. The van der Waals surface area contributed by atoms with E-state index < -0.39 is 0 Å². The van der Waals surface area contributed by atoms with E-state index in [1.54, 1.807) is 6.20 Å². The quantitative estimate of drug-likeness (QED) is 0.680. The first-order valence-electron chi connectivity index (χ1n) is 9.16. The molecule has 0 spiro atoms. The highest BCUT2D eigenvalue weighted by molar-refractivity contribution is 6.06. The number of likely N-dealkylation sites (tertiary alicyclic amines) is 1. The van der Waals surface area contributed by atoms with E-state index >= 15 is 0 Å². The topological polar surface area (TPSA) is 59.0 Å². The zero-order valence-electron chi connectivity index (χ0n) is 14.7. The van der Waals surface area contributed by atoms with Crippen LogP contribution < -0.4 is 0 Å². The number of nitrogens with zero attached hydrogens (tertiary/aromatic N) is 4. The lowest BCUT2D eigenvalue weighted by atomic mass is 9.80. The van der Waals surface area contributed by atoms with Crippen LogP contribution in [0.5, 0.6) is 0 Å². The van der Waals surface area contributed by atoms with Crippen molar-refractivity contribution >= 4 is 16.8 Å². The standard InChI is InChI=1S/C21H20N4O/c1-13-23-10-14-7-8-15-11-25(12-18(15)20(14)24-13)21(26)17-4-2-6-19-16(17)5-3-9-22-19/h2-6,9-10,15,18H,7-8,11-12H2,1H3/t15-,18+/m1/s1. The second kappa shape index (κ2) is 5.87. The fourth-order valence-electron chi connectivity index (χ4n) is 4.47. The summed E-state index contributed by atoms with van der Waals surface area (Å²) in [5, 5.41) is 0.924. The van der Waals surface area contributed by atoms with Gasteiger partial charge in [0.25, 0.3) is 5.91 Å². The number of rotatable bonds is 1. The number of aromatic nitrogens is 3. The smallest absolute Gasteiger partial charge is 0.254 e. The van der Waals surface area contributed by atoms with Gasteiger partial charge in [-0.25, -0.2) is 9.97 Å². The molecule has 0 unspecified atom stereocenters. The van der Waals surface area contributed by atoms with Gasteiger partial charge in [-0.15, -0.1) is 0 Å². The Hall–Kier alpha value is -2.82. The molecule has 3 aromatic rings. The van der Waals surface area contributed by atoms with Gasteiger partial charge in [0.1, 0.15) is 5.82 Å². The summed E-state index contributed by atoms with van der Waals surface area (Å²) < 4.78 is 0. The van der Waals surface area contributed by atoms with E-state index in [-0.39, 0.29) is 5.91 Å². The van der Waals surface area contributed by atoms with Crippen LogP contribution >= 0.6 is 0 Å². The van der Waals surface area contributed by atoms with Crippen LogP contribution in [0.4, 0.5) is 0 Å². The number of hydrogen-bond donors (Lipinski definition) is 0. The first kappa shape index (κ1) is 15.4. The van der Waals surface area contributed by atoms with Crippen molar-refractivity contribution in [2.24, 2.45) is 5.92 Å². The Morgan fingerprint density at radius 3 is 3.00 bits per heavy atom. The summed E-state index contributed by atoms with van der Waals surface area (Å²) >= 11 is 0. The molecule has 2 atom stereocenters. The van der Waals surface area contributed by atoms with E-state index in [0.717, 1.165) is 53.9 Å². The lowest BCUT2D eigenvalue weighted by molar-refractivity contribution is 0.0787. The summed E-state index contributed by atoms with van der Waals surface area (Å²) in [4.78, 5) is 28.7. The highest BCUT2D eigenvalue weighted by atomic mass is 16.2. The third-order valence-electron chi connectivity index (χ3n) is 5.76. The van der Waals surface area contributed by atoms with Crippen LogP contribution in [0.1, 0.15) is 39.8 Å². The highest BCUT2D eigenvalue weighted by Crippen LogP contribution is 2.40. The first-order chi connectivity index (χ1) is 12.7. The molecular weight excluding hydrogens is 324 g/mol. The van der Waals surface area contributed by atoms with Crippen molar-refractivity contribution in [3.05, 3.63) is 65.4 Å². The number of benzene rings is 1. The fraction of sp³-hybridized carbons (Fsp3) is 0.333. The number of hydrogen-bond acceptors (Lipinski definition) is 4. The van der Waals surface area contributed by atoms with Gasteiger partial charge in [-0.3, -0.25) is 9.78 Å². The minimum Gasteiger partial charge on any atom is -0.338 e. The van der Waals surface area contributed by atoms with Crippen LogP contribution in [-0.4, -0.2) is 38.8 Å². The van der Waals surface area contributed by atoms with Crippen LogP contribution in [-0.2, 0) is 6.42 Å². The minimum absolute atomic E-state index is 0.102. The van der Waals surface area contributed by atoms with E-state index in [1.165, 1.54) is 5.56 Å². The molecule has 2 aromatic heterocycles. The molecule has 1 aliphatic heterocycles. The maximum Gasteiger partial charge on any atom is 0.254 e. The molecule has 5 nitrogen and oxygen atoms in total. The Bertz CT molecular complexity index is 1010. The molecule has 1 aliphatic carbocycles. The Morgan fingerprint density at radius 1 is 1.15 bits per heavy atom. The van der Waals surface area contributed by atoms with Crippen molar-refractivity contribution in [3.8, 4) is 0 Å². The van der Waals surface area contributed by atoms with Gasteiger partial charge < -0.3 is 4.90 Å². The number of aryl methyl sites for hydroxylation is 2. The first-order valence-corrected chi connectivity index (χ1v) is 9.16. The molecule has 0 N–H and O–H groups in total. The molecule has 1 amide bonds. The number of carbonyl (C=O) groups is 1. The maximum absolute atomic E-state index is 13.2. The van der Waals surface area contributed by atoms with Crippen molar-refractivity contribution in [3.63, 3.8) is 0 Å². The summed E-state index contributed by atoms with van der Waals surface area (Å²) in [6.07, 6.45) is 5.84. The van der Waals surface area contributed by atoms with Crippen molar-refractivity contribution in [2.45, 2.75) is 25.7 Å². The van der Waals surface area contributed by atoms with Gasteiger partial charge in [0, 0.05) is 42.4 Å². The average Bonchev–Trinajstić information content (AvgIpc) is 3.12. The predicted molar refractivity (Wildman–Crippen MR) is 99.0 cm³/mol. The molecule has 5 heteroatoms. The Morgan fingerprint density at radius 2 is 2.08 bits per heavy atom. The van der Waals surface area contributed by atoms with E-state index in [0.29, 0.717) is 11.8 Å². The second-order valence-electron chi connectivity index (χ2n) is 7.32. The van der Waals surface area contributed by atoms with E-state index in [2.05, 4.69) is 9.97 Å². The van der Waals surface area contributed by atoms with Gasteiger partial charge in [-0.1, -0.05) is 12.1 Å². The normalized spacial score (nSPS) is 21.5. The summed E-state index contributed by atoms with van der Waals surface area (Å²) in [7, 11) is 0. The lowest BCUT2D eigenvalue weighted by Crippen LogP contribution is -2.29. The van der Waals surface area contributed by atoms with Crippen molar-refractivity contribution in [1.29, 1.82) is 0 Å². The molecule has 3 heterocycles. The molecule has 2 aliphatic rings. The molecule has 1 fully saturated rings. The summed E-state index contributed by atoms with van der Waals surface area (Å²) in [6, 6.07) is 9.64. The summed E-state index contributed by atoms with van der Waals surface area (Å²) in [5.74, 6) is 1.74. The van der Waals surface area contributed by atoms with Crippen LogP contribution in [0.2, 0.25) is 0 Å². The molecule has 0 radical (unpaired) electrons. The van der Waals surface area contributed by atoms with Gasteiger partial charge in [0.05, 0.1) is 11.2 Å². The molecule has 130 valence electrons. The van der Waals surface area contributed by atoms with Gasteiger partial charge in [-0.2, -0.15) is 0 Å². The number of carbonyl (C=O) groups excluding carboxylic acids is 1. The third-order valence-corrected chi connectivity index (χ3v) is 5.76. The van der Waals surface area contributed by atoms with Crippen molar-refractivity contribution in [1.82, 2.24) is 19.9 Å². The molecule has 0 saturated carbocycles. The molecule has 1 saturated heterocycles. The Kier molecular flexibility index (Phi) is 3.48. The molecular formula is C21H20N4O. The minimum atomic E-state index is 0.102. The number of pyridine rings is 1. The summed E-state index contributed by atoms with van der Waals surface area (Å²) in [6.45, 7) is 3.48.